The smallest absolute Gasteiger partial charge is 0.0933 e. The molecule has 100 valence electrons. The van der Waals surface area contributed by atoms with Crippen LogP contribution in [0.3, 0.4) is 0 Å². The van der Waals surface area contributed by atoms with E-state index in [4.69, 9.17) is 4.84 Å². The molecular formula is C15H24N2O. The summed E-state index contributed by atoms with van der Waals surface area (Å²) in [6.45, 7) is 7.29. The van der Waals surface area contributed by atoms with Crippen molar-refractivity contribution in [3.63, 3.8) is 0 Å². The molecule has 0 saturated carbocycles. The van der Waals surface area contributed by atoms with Crippen LogP contribution in [0, 0.1) is 11.8 Å². The molecule has 1 aliphatic heterocycles. The van der Waals surface area contributed by atoms with Crippen molar-refractivity contribution in [1.82, 2.24) is 10.8 Å². The molecule has 1 fully saturated rings. The minimum atomic E-state index is 0.441. The zero-order valence-electron chi connectivity index (χ0n) is 11.4. The molecule has 0 bridgehead atoms. The maximum Gasteiger partial charge on any atom is 0.0933 e. The minimum absolute atomic E-state index is 0.441. The first kappa shape index (κ1) is 13.5. The van der Waals surface area contributed by atoms with Crippen molar-refractivity contribution in [1.29, 1.82) is 0 Å². The second kappa shape index (κ2) is 6.88. The molecule has 3 heteroatoms. The van der Waals surface area contributed by atoms with Gasteiger partial charge < -0.3 is 5.32 Å². The van der Waals surface area contributed by atoms with E-state index in [9.17, 15) is 0 Å². The molecule has 2 N–H and O–H groups in total. The second-order valence-electron chi connectivity index (χ2n) is 5.55. The van der Waals surface area contributed by atoms with Gasteiger partial charge in [0.1, 0.15) is 0 Å². The highest BCUT2D eigenvalue weighted by molar-refractivity contribution is 5.13. The van der Waals surface area contributed by atoms with Gasteiger partial charge in [0, 0.05) is 12.6 Å². The first-order chi connectivity index (χ1) is 8.75. The van der Waals surface area contributed by atoms with E-state index in [1.165, 1.54) is 12.0 Å². The van der Waals surface area contributed by atoms with Crippen LogP contribution in [0.1, 0.15) is 25.8 Å². The highest BCUT2D eigenvalue weighted by atomic mass is 16.6. The quantitative estimate of drug-likeness (QED) is 0.758. The van der Waals surface area contributed by atoms with Gasteiger partial charge in [-0.05, 0) is 30.4 Å². The standard InChI is InChI=1S/C15H24N2O/c1-12(2)8-14-9-16-10-15(14)17-18-11-13-6-4-3-5-7-13/h3-7,12,14-17H,8-11H2,1-2H3. The van der Waals surface area contributed by atoms with Crippen LogP contribution in [-0.4, -0.2) is 19.1 Å². The Bertz CT molecular complexity index is 340. The summed E-state index contributed by atoms with van der Waals surface area (Å²) < 4.78 is 0. The van der Waals surface area contributed by atoms with Crippen LogP contribution >= 0.6 is 0 Å². The molecule has 0 radical (unpaired) electrons. The first-order valence-corrected chi connectivity index (χ1v) is 6.87. The SMILES string of the molecule is CC(C)CC1CNCC1NOCc1ccccc1. The highest BCUT2D eigenvalue weighted by Crippen LogP contribution is 2.18. The third-order valence-corrected chi connectivity index (χ3v) is 3.43. The Morgan fingerprint density at radius 2 is 2.06 bits per heavy atom. The molecule has 18 heavy (non-hydrogen) atoms. The van der Waals surface area contributed by atoms with E-state index < -0.39 is 0 Å². The van der Waals surface area contributed by atoms with Gasteiger partial charge in [-0.3, -0.25) is 4.84 Å². The van der Waals surface area contributed by atoms with Crippen LogP contribution < -0.4 is 10.8 Å². The van der Waals surface area contributed by atoms with Crippen molar-refractivity contribution in [2.45, 2.75) is 32.9 Å². The summed E-state index contributed by atoms with van der Waals surface area (Å²) in [4.78, 5) is 5.63. The Hall–Kier alpha value is -0.900. The number of rotatable bonds is 6. The average Bonchev–Trinajstić information content (AvgIpc) is 2.77. The third-order valence-electron chi connectivity index (χ3n) is 3.43. The lowest BCUT2D eigenvalue weighted by atomic mass is 9.93. The van der Waals surface area contributed by atoms with Gasteiger partial charge >= 0.3 is 0 Å². The van der Waals surface area contributed by atoms with Gasteiger partial charge in [0.05, 0.1) is 6.61 Å². The molecule has 1 aromatic carbocycles. The number of benzene rings is 1. The molecule has 2 unspecified atom stereocenters. The van der Waals surface area contributed by atoms with Crippen molar-refractivity contribution < 1.29 is 4.84 Å². The van der Waals surface area contributed by atoms with Gasteiger partial charge in [0.15, 0.2) is 0 Å². The van der Waals surface area contributed by atoms with Crippen LogP contribution in [0.4, 0.5) is 0 Å². The maximum absolute atomic E-state index is 5.63. The molecule has 2 atom stereocenters. The molecule has 0 spiro atoms. The molecule has 1 aromatic rings. The molecule has 3 nitrogen and oxygen atoms in total. The molecule has 1 aliphatic rings. The average molecular weight is 248 g/mol. The highest BCUT2D eigenvalue weighted by Gasteiger charge is 2.27. The molecule has 2 rings (SSSR count). The van der Waals surface area contributed by atoms with Crippen molar-refractivity contribution >= 4 is 0 Å². The van der Waals surface area contributed by atoms with E-state index in [1.807, 2.05) is 18.2 Å². The normalized spacial score (nSPS) is 23.7. The van der Waals surface area contributed by atoms with Crippen molar-refractivity contribution in [2.75, 3.05) is 13.1 Å². The van der Waals surface area contributed by atoms with Gasteiger partial charge in [0.2, 0.25) is 0 Å². The predicted molar refractivity (Wildman–Crippen MR) is 74.0 cm³/mol. The lowest BCUT2D eigenvalue weighted by molar-refractivity contribution is -0.00315. The lowest BCUT2D eigenvalue weighted by Crippen LogP contribution is -2.36. The van der Waals surface area contributed by atoms with Gasteiger partial charge in [-0.1, -0.05) is 44.2 Å². The minimum Gasteiger partial charge on any atom is -0.315 e. The summed E-state index contributed by atoms with van der Waals surface area (Å²) in [6.07, 6.45) is 1.25. The van der Waals surface area contributed by atoms with Gasteiger partial charge in [-0.2, -0.15) is 5.48 Å². The van der Waals surface area contributed by atoms with Crippen molar-refractivity contribution in [3.8, 4) is 0 Å². The van der Waals surface area contributed by atoms with E-state index >= 15 is 0 Å². The van der Waals surface area contributed by atoms with Gasteiger partial charge in [-0.25, -0.2) is 0 Å². The second-order valence-corrected chi connectivity index (χ2v) is 5.55. The van der Waals surface area contributed by atoms with E-state index in [1.54, 1.807) is 0 Å². The molecular weight excluding hydrogens is 224 g/mol. The van der Waals surface area contributed by atoms with Crippen molar-refractivity contribution in [2.24, 2.45) is 11.8 Å². The summed E-state index contributed by atoms with van der Waals surface area (Å²) in [6, 6.07) is 10.7. The lowest BCUT2D eigenvalue weighted by Gasteiger charge is -2.21. The summed E-state index contributed by atoms with van der Waals surface area (Å²) in [5.41, 5.74) is 4.43. The Kier molecular flexibility index (Phi) is 5.17. The topological polar surface area (TPSA) is 33.3 Å². The predicted octanol–water partition coefficient (Wildman–Crippen LogP) is 2.34. The van der Waals surface area contributed by atoms with Gasteiger partial charge in [-0.15, -0.1) is 0 Å². The number of nitrogens with one attached hydrogen (secondary N) is 2. The maximum atomic E-state index is 5.63. The van der Waals surface area contributed by atoms with Crippen molar-refractivity contribution in [3.05, 3.63) is 35.9 Å². The Morgan fingerprint density at radius 3 is 2.78 bits per heavy atom. The summed E-state index contributed by atoms with van der Waals surface area (Å²) in [5, 5.41) is 3.43. The zero-order chi connectivity index (χ0) is 12.8. The monoisotopic (exact) mass is 248 g/mol. The zero-order valence-corrected chi connectivity index (χ0v) is 11.4. The molecule has 0 aliphatic carbocycles. The van der Waals surface area contributed by atoms with E-state index in [2.05, 4.69) is 36.8 Å². The first-order valence-electron chi connectivity index (χ1n) is 6.87. The van der Waals surface area contributed by atoms with E-state index in [0.29, 0.717) is 18.6 Å². The van der Waals surface area contributed by atoms with E-state index in [0.717, 1.165) is 19.0 Å². The number of hydrogen-bond donors (Lipinski definition) is 2. The fourth-order valence-electron chi connectivity index (χ4n) is 2.53. The molecule has 1 heterocycles. The Labute approximate surface area is 110 Å². The molecule has 0 aromatic heterocycles. The van der Waals surface area contributed by atoms with Crippen LogP contribution in [0.15, 0.2) is 30.3 Å². The van der Waals surface area contributed by atoms with E-state index in [-0.39, 0.29) is 0 Å². The fraction of sp³-hybridized carbons (Fsp3) is 0.600. The number of hydroxylamine groups is 1. The number of hydrogen-bond acceptors (Lipinski definition) is 3. The summed E-state index contributed by atoms with van der Waals surface area (Å²) >= 11 is 0. The third kappa shape index (κ3) is 4.09. The van der Waals surface area contributed by atoms with Gasteiger partial charge in [0.25, 0.3) is 0 Å². The van der Waals surface area contributed by atoms with Crippen LogP contribution in [0.2, 0.25) is 0 Å². The fourth-order valence-corrected chi connectivity index (χ4v) is 2.53. The summed E-state index contributed by atoms with van der Waals surface area (Å²) in [5.74, 6) is 1.43. The molecule has 0 amide bonds. The summed E-state index contributed by atoms with van der Waals surface area (Å²) in [7, 11) is 0. The van der Waals surface area contributed by atoms with Crippen LogP contribution in [0.25, 0.3) is 0 Å². The molecule has 1 saturated heterocycles. The largest absolute Gasteiger partial charge is 0.315 e. The van der Waals surface area contributed by atoms with Crippen LogP contribution in [0.5, 0.6) is 0 Å². The van der Waals surface area contributed by atoms with Crippen LogP contribution in [-0.2, 0) is 11.4 Å². The Balaban J connectivity index is 1.72. The Morgan fingerprint density at radius 1 is 1.28 bits per heavy atom.